The summed E-state index contributed by atoms with van der Waals surface area (Å²) in [6.45, 7) is 12.4. The molecular weight excluding hydrogens is 616 g/mol. The molecule has 4 rings (SSSR count). The van der Waals surface area contributed by atoms with E-state index >= 15 is 0 Å². The number of imidazole rings is 1. The molecule has 1 aliphatic rings. The number of aromatic amines is 1. The van der Waals surface area contributed by atoms with E-state index in [1.807, 2.05) is 63.4 Å². The molecule has 252 valence electrons. The van der Waals surface area contributed by atoms with Gasteiger partial charge in [-0.1, -0.05) is 49.7 Å². The van der Waals surface area contributed by atoms with Crippen molar-refractivity contribution >= 4 is 46.1 Å². The van der Waals surface area contributed by atoms with Crippen molar-refractivity contribution in [2.75, 3.05) is 40.3 Å². The Balaban J connectivity index is 1.66. The summed E-state index contributed by atoms with van der Waals surface area (Å²) in [7, 11) is 3.56. The van der Waals surface area contributed by atoms with Gasteiger partial charge in [0.2, 0.25) is 11.8 Å². The van der Waals surface area contributed by atoms with E-state index in [4.69, 9.17) is 22.3 Å². The lowest BCUT2D eigenvalue weighted by molar-refractivity contribution is -0.138. The van der Waals surface area contributed by atoms with Crippen molar-refractivity contribution in [2.45, 2.75) is 58.0 Å². The van der Waals surface area contributed by atoms with Gasteiger partial charge in [0.25, 0.3) is 5.91 Å². The molecule has 0 saturated carbocycles. The summed E-state index contributed by atoms with van der Waals surface area (Å²) in [6.07, 6.45) is 2.72. The summed E-state index contributed by atoms with van der Waals surface area (Å²) in [5.74, 6) is -0.417. The van der Waals surface area contributed by atoms with E-state index in [9.17, 15) is 14.4 Å². The third kappa shape index (κ3) is 8.02. The Hall–Kier alpha value is -4.22. The number of piperazine rings is 1. The van der Waals surface area contributed by atoms with Crippen LogP contribution in [-0.4, -0.2) is 89.5 Å². The van der Waals surface area contributed by atoms with Gasteiger partial charge in [-0.05, 0) is 75.3 Å². The van der Waals surface area contributed by atoms with Crippen LogP contribution in [0.25, 0.3) is 11.0 Å². The normalized spacial score (nSPS) is 16.8. The lowest BCUT2D eigenvalue weighted by Gasteiger charge is -2.34. The number of nitrogens with one attached hydrogen (secondary N) is 3. The number of halogens is 1. The smallest absolute Gasteiger partial charge is 0.270 e. The van der Waals surface area contributed by atoms with Gasteiger partial charge >= 0.3 is 0 Å². The first-order chi connectivity index (χ1) is 22.3. The summed E-state index contributed by atoms with van der Waals surface area (Å²) >= 11 is 6.70. The number of nitrogens with two attached hydrogens (primary N) is 1. The van der Waals surface area contributed by atoms with E-state index in [0.29, 0.717) is 35.0 Å². The van der Waals surface area contributed by atoms with Crippen LogP contribution >= 0.6 is 11.6 Å². The Morgan fingerprint density at radius 2 is 1.74 bits per heavy atom. The fourth-order valence-corrected chi connectivity index (χ4v) is 6.25. The van der Waals surface area contributed by atoms with Crippen LogP contribution in [-0.2, 0) is 19.8 Å². The molecule has 0 spiro atoms. The number of benzene rings is 2. The Labute approximate surface area is 282 Å². The van der Waals surface area contributed by atoms with E-state index in [-0.39, 0.29) is 29.4 Å². The number of fused-ring (bicyclic) bond motifs is 1. The standard InChI is InChI=1S/C35H47ClN8O3/c1-21(2)29(24-10-8-9-11-25(24)36)30(42-32(45)27(38-6)14-15-37)31-40-26-13-12-23(20-28(26)41-31)35(4,5)34(47)39-22(3)33(46)44-18-16-43(7)17-19-44/h8-15,20-22,29-30H,16-19,37H2,1-7H3,(H,39,47)(H,40,41)(H,42,45). The molecule has 0 aliphatic carbocycles. The number of amides is 3. The van der Waals surface area contributed by atoms with E-state index in [1.54, 1.807) is 11.8 Å². The van der Waals surface area contributed by atoms with Crippen molar-refractivity contribution in [1.82, 2.24) is 30.4 Å². The molecule has 5 N–H and O–H groups in total. The Morgan fingerprint density at radius 3 is 2.36 bits per heavy atom. The predicted octanol–water partition coefficient (Wildman–Crippen LogP) is 3.91. The number of hydrogen-bond acceptors (Lipinski definition) is 7. The first kappa shape index (κ1) is 35.6. The number of carbonyl (C=O) groups excluding carboxylic acids is 3. The second-order valence-electron chi connectivity index (χ2n) is 13.0. The van der Waals surface area contributed by atoms with Crippen LogP contribution in [0, 0.1) is 5.92 Å². The average molecular weight is 663 g/mol. The quantitative estimate of drug-likeness (QED) is 0.229. The van der Waals surface area contributed by atoms with Gasteiger partial charge in [-0.3, -0.25) is 19.4 Å². The number of carbonyl (C=O) groups is 3. The highest BCUT2D eigenvalue weighted by Crippen LogP contribution is 2.40. The maximum Gasteiger partial charge on any atom is 0.270 e. The number of H-pyrrole nitrogens is 1. The summed E-state index contributed by atoms with van der Waals surface area (Å²) < 4.78 is 0. The molecule has 47 heavy (non-hydrogen) atoms. The van der Waals surface area contributed by atoms with Crippen molar-refractivity contribution in [3.8, 4) is 0 Å². The molecule has 0 radical (unpaired) electrons. The first-order valence-electron chi connectivity index (χ1n) is 16.0. The van der Waals surface area contributed by atoms with Crippen molar-refractivity contribution in [2.24, 2.45) is 16.6 Å². The summed E-state index contributed by atoms with van der Waals surface area (Å²) in [5.41, 5.74) is 7.79. The van der Waals surface area contributed by atoms with Crippen LogP contribution < -0.4 is 16.4 Å². The summed E-state index contributed by atoms with van der Waals surface area (Å²) in [6, 6.07) is 11.9. The molecule has 1 aromatic heterocycles. The monoisotopic (exact) mass is 662 g/mol. The molecule has 2 heterocycles. The fraction of sp³-hybridized carbons (Fsp3) is 0.457. The molecular formula is C35H47ClN8O3. The fourth-order valence-electron chi connectivity index (χ4n) is 5.99. The van der Waals surface area contributed by atoms with Crippen molar-refractivity contribution in [3.05, 3.63) is 76.7 Å². The highest BCUT2D eigenvalue weighted by molar-refractivity contribution is 6.43. The first-order valence-corrected chi connectivity index (χ1v) is 16.3. The Kier molecular flexibility index (Phi) is 11.5. The SMILES string of the molecule is CN=C(C=CN)C(=O)NC(c1nc2ccc(C(C)(C)C(=O)NC(C)C(=O)N3CCN(C)CC3)cc2[nH]1)C(c1ccccc1Cl)C(C)C. The zero-order valence-electron chi connectivity index (χ0n) is 28.3. The van der Waals surface area contributed by atoms with E-state index in [0.717, 1.165) is 24.2 Å². The molecule has 3 atom stereocenters. The number of nitrogens with zero attached hydrogens (tertiary/aromatic N) is 4. The van der Waals surface area contributed by atoms with Gasteiger partial charge in [-0.15, -0.1) is 0 Å². The molecule has 1 fully saturated rings. The maximum absolute atomic E-state index is 13.6. The largest absolute Gasteiger partial charge is 0.405 e. The predicted molar refractivity (Wildman–Crippen MR) is 187 cm³/mol. The highest BCUT2D eigenvalue weighted by atomic mass is 35.5. The topological polar surface area (TPSA) is 149 Å². The molecule has 12 heteroatoms. The second kappa shape index (κ2) is 15.1. The minimum Gasteiger partial charge on any atom is -0.405 e. The Morgan fingerprint density at radius 1 is 1.06 bits per heavy atom. The number of hydrogen-bond donors (Lipinski definition) is 4. The van der Waals surface area contributed by atoms with Crippen molar-refractivity contribution in [3.63, 3.8) is 0 Å². The molecule has 1 aliphatic heterocycles. The van der Waals surface area contributed by atoms with Crippen LogP contribution in [0.4, 0.5) is 0 Å². The summed E-state index contributed by atoms with van der Waals surface area (Å²) in [5, 5.41) is 6.66. The van der Waals surface area contributed by atoms with Gasteiger partial charge in [-0.25, -0.2) is 4.98 Å². The zero-order valence-corrected chi connectivity index (χ0v) is 29.1. The summed E-state index contributed by atoms with van der Waals surface area (Å²) in [4.78, 5) is 56.5. The molecule has 11 nitrogen and oxygen atoms in total. The second-order valence-corrected chi connectivity index (χ2v) is 13.4. The number of aliphatic imine (C=N–C) groups is 1. The van der Waals surface area contributed by atoms with Gasteiger partial charge in [0.05, 0.1) is 22.5 Å². The average Bonchev–Trinajstić information content (AvgIpc) is 3.47. The highest BCUT2D eigenvalue weighted by Gasteiger charge is 2.36. The zero-order chi connectivity index (χ0) is 34.5. The number of rotatable bonds is 11. The molecule has 2 aromatic carbocycles. The van der Waals surface area contributed by atoms with Crippen LogP contribution in [0.2, 0.25) is 5.02 Å². The molecule has 3 aromatic rings. The minimum atomic E-state index is -0.956. The molecule has 0 bridgehead atoms. The van der Waals surface area contributed by atoms with Gasteiger partial charge < -0.3 is 31.2 Å². The third-order valence-corrected chi connectivity index (χ3v) is 9.32. The van der Waals surface area contributed by atoms with Crippen molar-refractivity contribution < 1.29 is 14.4 Å². The number of likely N-dealkylation sites (N-methyl/N-ethyl adjacent to an activating group) is 1. The van der Waals surface area contributed by atoms with E-state index < -0.39 is 23.4 Å². The van der Waals surface area contributed by atoms with Gasteiger partial charge in [-0.2, -0.15) is 0 Å². The van der Waals surface area contributed by atoms with Gasteiger partial charge in [0.15, 0.2) is 0 Å². The van der Waals surface area contributed by atoms with Crippen LogP contribution in [0.1, 0.15) is 63.5 Å². The molecule has 3 unspecified atom stereocenters. The molecule has 3 amide bonds. The van der Waals surface area contributed by atoms with Crippen LogP contribution in [0.15, 0.2) is 59.7 Å². The Bertz CT molecular complexity index is 1660. The third-order valence-electron chi connectivity index (χ3n) is 8.97. The maximum atomic E-state index is 13.6. The van der Waals surface area contributed by atoms with Crippen molar-refractivity contribution in [1.29, 1.82) is 0 Å². The van der Waals surface area contributed by atoms with Crippen LogP contribution in [0.5, 0.6) is 0 Å². The minimum absolute atomic E-state index is 0.0502. The number of aromatic nitrogens is 2. The lowest BCUT2D eigenvalue weighted by Crippen LogP contribution is -2.55. The van der Waals surface area contributed by atoms with Gasteiger partial charge in [0.1, 0.15) is 17.6 Å². The molecule has 1 saturated heterocycles. The van der Waals surface area contributed by atoms with E-state index in [1.165, 1.54) is 19.3 Å². The lowest BCUT2D eigenvalue weighted by atomic mass is 9.81. The van der Waals surface area contributed by atoms with Crippen LogP contribution in [0.3, 0.4) is 0 Å². The van der Waals surface area contributed by atoms with E-state index in [2.05, 4.69) is 39.4 Å². The van der Waals surface area contributed by atoms with Gasteiger partial charge in [0, 0.05) is 44.2 Å².